The van der Waals surface area contributed by atoms with Crippen LogP contribution in [0.4, 0.5) is 10.1 Å². The molecule has 1 aliphatic heterocycles. The Kier molecular flexibility index (Phi) is 4.32. The third-order valence-corrected chi connectivity index (χ3v) is 3.51. The first-order valence-electron chi connectivity index (χ1n) is 6.91. The average molecular weight is 282 g/mol. The van der Waals surface area contributed by atoms with Gasteiger partial charge in [-0.05, 0) is 32.9 Å². The van der Waals surface area contributed by atoms with E-state index < -0.39 is 5.60 Å². The number of benzene rings is 1. The number of hydrogen-bond donors (Lipinski definition) is 2. The Morgan fingerprint density at radius 1 is 1.55 bits per heavy atom. The summed E-state index contributed by atoms with van der Waals surface area (Å²) in [5.74, 6) is -0.289. The van der Waals surface area contributed by atoms with E-state index in [4.69, 9.17) is 10.5 Å². The highest BCUT2D eigenvalue weighted by molar-refractivity contribution is 5.56. The smallest absolute Gasteiger partial charge is 0.130 e. The van der Waals surface area contributed by atoms with E-state index in [0.29, 0.717) is 18.7 Å². The lowest BCUT2D eigenvalue weighted by Gasteiger charge is -2.44. The van der Waals surface area contributed by atoms with E-state index in [1.54, 1.807) is 13.0 Å². The topological polar surface area (TPSA) is 58.7 Å². The molecule has 1 saturated heterocycles. The molecule has 1 fully saturated rings. The molecule has 1 aliphatic rings. The highest BCUT2D eigenvalue weighted by atomic mass is 19.1. The predicted molar refractivity (Wildman–Crippen MR) is 77.3 cm³/mol. The summed E-state index contributed by atoms with van der Waals surface area (Å²) in [6.07, 6.45) is -0.275. The lowest BCUT2D eigenvalue weighted by molar-refractivity contribution is -0.101. The van der Waals surface area contributed by atoms with Crippen molar-refractivity contribution in [2.24, 2.45) is 5.73 Å². The Bertz CT molecular complexity index is 477. The van der Waals surface area contributed by atoms with Gasteiger partial charge in [-0.15, -0.1) is 0 Å². The van der Waals surface area contributed by atoms with Crippen LogP contribution in [0.3, 0.4) is 0 Å². The molecule has 0 bridgehead atoms. The van der Waals surface area contributed by atoms with Crippen molar-refractivity contribution in [3.05, 3.63) is 29.6 Å². The second-order valence-corrected chi connectivity index (χ2v) is 6.02. The Balaban J connectivity index is 2.38. The molecule has 0 aromatic heterocycles. The van der Waals surface area contributed by atoms with Crippen LogP contribution in [0.1, 0.15) is 32.4 Å². The van der Waals surface area contributed by atoms with Gasteiger partial charge in [-0.25, -0.2) is 4.39 Å². The fourth-order valence-electron chi connectivity index (χ4n) is 2.83. The van der Waals surface area contributed by atoms with E-state index in [2.05, 4.69) is 0 Å². The van der Waals surface area contributed by atoms with E-state index >= 15 is 0 Å². The zero-order valence-corrected chi connectivity index (χ0v) is 12.3. The number of rotatable bonds is 3. The van der Waals surface area contributed by atoms with Gasteiger partial charge in [0.2, 0.25) is 0 Å². The average Bonchev–Trinajstić information content (AvgIpc) is 2.36. The van der Waals surface area contributed by atoms with Crippen LogP contribution in [0.2, 0.25) is 0 Å². The van der Waals surface area contributed by atoms with Gasteiger partial charge in [0.25, 0.3) is 0 Å². The lowest BCUT2D eigenvalue weighted by atomic mass is 10.0. The summed E-state index contributed by atoms with van der Waals surface area (Å²) >= 11 is 0. The second-order valence-electron chi connectivity index (χ2n) is 6.02. The van der Waals surface area contributed by atoms with Gasteiger partial charge < -0.3 is 20.5 Å². The first-order valence-corrected chi connectivity index (χ1v) is 6.91. The zero-order valence-electron chi connectivity index (χ0n) is 12.3. The van der Waals surface area contributed by atoms with Crippen molar-refractivity contribution in [2.75, 3.05) is 24.6 Å². The maximum Gasteiger partial charge on any atom is 0.130 e. The molecule has 20 heavy (non-hydrogen) atoms. The van der Waals surface area contributed by atoms with Crippen LogP contribution in [0.5, 0.6) is 0 Å². The largest absolute Gasteiger partial charge is 0.394 e. The number of aliphatic hydroxyl groups is 1. The summed E-state index contributed by atoms with van der Waals surface area (Å²) in [4.78, 5) is 2.05. The molecule has 0 aliphatic carbocycles. The fraction of sp³-hybridized carbons (Fsp3) is 0.600. The first kappa shape index (κ1) is 15.2. The number of anilines is 1. The molecule has 0 saturated carbocycles. The molecule has 0 spiro atoms. The molecule has 2 unspecified atom stereocenters. The summed E-state index contributed by atoms with van der Waals surface area (Å²) in [6.45, 7) is 6.81. The maximum absolute atomic E-state index is 14.0. The SMILES string of the molecule is CC(N)c1c(F)cccc1N1CC(CO)OC(C)(C)C1. The van der Waals surface area contributed by atoms with Gasteiger partial charge in [0.15, 0.2) is 0 Å². The number of nitrogens with zero attached hydrogens (tertiary/aromatic N) is 1. The van der Waals surface area contributed by atoms with Gasteiger partial charge in [0.1, 0.15) is 5.82 Å². The zero-order chi connectivity index (χ0) is 14.9. The summed E-state index contributed by atoms with van der Waals surface area (Å²) in [5, 5.41) is 9.37. The monoisotopic (exact) mass is 282 g/mol. The summed E-state index contributed by atoms with van der Waals surface area (Å²) < 4.78 is 19.8. The summed E-state index contributed by atoms with van der Waals surface area (Å²) in [6, 6.07) is 4.60. The lowest BCUT2D eigenvalue weighted by Crippen LogP contribution is -2.54. The van der Waals surface area contributed by atoms with Crippen molar-refractivity contribution in [3.63, 3.8) is 0 Å². The van der Waals surface area contributed by atoms with Gasteiger partial charge in [0, 0.05) is 30.4 Å². The van der Waals surface area contributed by atoms with Crippen LogP contribution in [-0.2, 0) is 4.74 Å². The molecule has 0 radical (unpaired) electrons. The molecular formula is C15H23FN2O2. The molecule has 1 heterocycles. The highest BCUT2D eigenvalue weighted by Gasteiger charge is 2.34. The maximum atomic E-state index is 14.0. The quantitative estimate of drug-likeness (QED) is 0.888. The predicted octanol–water partition coefficient (Wildman–Crippen LogP) is 1.82. The van der Waals surface area contributed by atoms with Crippen LogP contribution in [0.25, 0.3) is 0 Å². The molecular weight excluding hydrogens is 259 g/mol. The van der Waals surface area contributed by atoms with E-state index in [9.17, 15) is 9.50 Å². The molecule has 4 nitrogen and oxygen atoms in total. The highest BCUT2D eigenvalue weighted by Crippen LogP contribution is 2.32. The molecule has 1 aromatic carbocycles. The van der Waals surface area contributed by atoms with Crippen molar-refractivity contribution in [2.45, 2.75) is 38.5 Å². The van der Waals surface area contributed by atoms with Gasteiger partial charge in [0.05, 0.1) is 18.3 Å². The number of nitrogens with two attached hydrogens (primary N) is 1. The number of aliphatic hydroxyl groups excluding tert-OH is 1. The van der Waals surface area contributed by atoms with Crippen LogP contribution >= 0.6 is 0 Å². The van der Waals surface area contributed by atoms with Crippen LogP contribution in [-0.4, -0.2) is 36.5 Å². The van der Waals surface area contributed by atoms with E-state index in [1.165, 1.54) is 6.07 Å². The minimum atomic E-state index is -0.396. The standard InChI is InChI=1S/C15H23FN2O2/c1-10(17)14-12(16)5-4-6-13(14)18-7-11(8-19)20-15(2,3)9-18/h4-6,10-11,19H,7-9,17H2,1-3H3. The van der Waals surface area contributed by atoms with Crippen LogP contribution in [0, 0.1) is 5.82 Å². The Morgan fingerprint density at radius 2 is 2.25 bits per heavy atom. The third-order valence-electron chi connectivity index (χ3n) is 3.51. The molecule has 3 N–H and O–H groups in total. The summed E-state index contributed by atoms with van der Waals surface area (Å²) in [5.41, 5.74) is 6.82. The molecule has 5 heteroatoms. The van der Waals surface area contributed by atoms with E-state index in [-0.39, 0.29) is 24.6 Å². The van der Waals surface area contributed by atoms with Crippen LogP contribution < -0.4 is 10.6 Å². The van der Waals surface area contributed by atoms with Gasteiger partial charge >= 0.3 is 0 Å². The van der Waals surface area contributed by atoms with Crippen molar-refractivity contribution in [1.29, 1.82) is 0 Å². The number of hydrogen-bond acceptors (Lipinski definition) is 4. The molecule has 0 amide bonds. The van der Waals surface area contributed by atoms with Crippen molar-refractivity contribution in [3.8, 4) is 0 Å². The normalized spacial score (nSPS) is 23.7. The minimum absolute atomic E-state index is 0.0528. The minimum Gasteiger partial charge on any atom is -0.394 e. The fourth-order valence-corrected chi connectivity index (χ4v) is 2.83. The second kappa shape index (κ2) is 5.68. The van der Waals surface area contributed by atoms with Crippen LogP contribution in [0.15, 0.2) is 18.2 Å². The molecule has 2 atom stereocenters. The number of halogens is 1. The first-order chi connectivity index (χ1) is 9.34. The van der Waals surface area contributed by atoms with E-state index in [0.717, 1.165) is 5.69 Å². The number of morpholine rings is 1. The molecule has 112 valence electrons. The van der Waals surface area contributed by atoms with Gasteiger partial charge in [-0.1, -0.05) is 6.07 Å². The van der Waals surface area contributed by atoms with E-state index in [1.807, 2.05) is 24.8 Å². The third kappa shape index (κ3) is 3.11. The number of ether oxygens (including phenoxy) is 1. The van der Waals surface area contributed by atoms with Crippen molar-refractivity contribution < 1.29 is 14.2 Å². The Morgan fingerprint density at radius 3 is 2.85 bits per heavy atom. The van der Waals surface area contributed by atoms with Crippen molar-refractivity contribution >= 4 is 5.69 Å². The van der Waals surface area contributed by atoms with Crippen molar-refractivity contribution in [1.82, 2.24) is 0 Å². The molecule has 1 aromatic rings. The van der Waals surface area contributed by atoms with Gasteiger partial charge in [-0.3, -0.25) is 0 Å². The molecule has 2 rings (SSSR count). The Hall–Kier alpha value is -1.17. The summed E-state index contributed by atoms with van der Waals surface area (Å²) in [7, 11) is 0. The Labute approximate surface area is 119 Å². The van der Waals surface area contributed by atoms with Gasteiger partial charge in [-0.2, -0.15) is 0 Å².